The Morgan fingerprint density at radius 3 is 2.56 bits per heavy atom. The van der Waals surface area contributed by atoms with Gasteiger partial charge in [0.05, 0.1) is 29.4 Å². The third kappa shape index (κ3) is 3.92. The van der Waals surface area contributed by atoms with E-state index in [1.807, 2.05) is 6.92 Å². The average Bonchev–Trinajstić information content (AvgIpc) is 2.71. The SMILES string of the molecule is CCCOc1ccc(S(=O)(=O)N2Cc3nccnc3C[C@@H]2C(=O)NO)cc1. The van der Waals surface area contributed by atoms with Gasteiger partial charge in [-0.15, -0.1) is 0 Å². The molecule has 0 fully saturated rings. The van der Waals surface area contributed by atoms with Crippen molar-refractivity contribution in [3.8, 4) is 5.75 Å². The van der Waals surface area contributed by atoms with E-state index < -0.39 is 22.0 Å². The van der Waals surface area contributed by atoms with Crippen LogP contribution in [-0.4, -0.2) is 46.5 Å². The molecular weight excluding hydrogens is 372 g/mol. The number of nitrogens with zero attached hydrogens (tertiary/aromatic N) is 3. The lowest BCUT2D eigenvalue weighted by molar-refractivity contribution is -0.133. The molecule has 2 aromatic rings. The van der Waals surface area contributed by atoms with Crippen LogP contribution in [0.5, 0.6) is 5.75 Å². The molecule has 0 radical (unpaired) electrons. The number of hydrogen-bond donors (Lipinski definition) is 2. The minimum Gasteiger partial charge on any atom is -0.494 e. The Balaban J connectivity index is 1.94. The lowest BCUT2D eigenvalue weighted by Crippen LogP contribution is -2.52. The van der Waals surface area contributed by atoms with E-state index in [-0.39, 0.29) is 17.9 Å². The molecule has 9 nitrogen and oxygen atoms in total. The van der Waals surface area contributed by atoms with Gasteiger partial charge in [-0.3, -0.25) is 20.0 Å². The number of hydrogen-bond acceptors (Lipinski definition) is 7. The van der Waals surface area contributed by atoms with Gasteiger partial charge in [0.15, 0.2) is 0 Å². The Hall–Kier alpha value is -2.56. The topological polar surface area (TPSA) is 122 Å². The summed E-state index contributed by atoms with van der Waals surface area (Å²) in [7, 11) is -4.01. The van der Waals surface area contributed by atoms with Crippen LogP contribution in [-0.2, 0) is 27.8 Å². The van der Waals surface area contributed by atoms with E-state index in [2.05, 4.69) is 9.97 Å². The molecule has 27 heavy (non-hydrogen) atoms. The second-order valence-electron chi connectivity index (χ2n) is 6.02. The highest BCUT2D eigenvalue weighted by Crippen LogP contribution is 2.28. The van der Waals surface area contributed by atoms with Crippen molar-refractivity contribution in [2.24, 2.45) is 0 Å². The third-order valence-corrected chi connectivity index (χ3v) is 6.09. The minimum atomic E-state index is -4.01. The Morgan fingerprint density at radius 1 is 1.26 bits per heavy atom. The quantitative estimate of drug-likeness (QED) is 0.553. The van der Waals surface area contributed by atoms with Crippen molar-refractivity contribution in [2.45, 2.75) is 37.2 Å². The van der Waals surface area contributed by atoms with Gasteiger partial charge < -0.3 is 4.74 Å². The van der Waals surface area contributed by atoms with Crippen LogP contribution in [0.3, 0.4) is 0 Å². The van der Waals surface area contributed by atoms with Crippen LogP contribution >= 0.6 is 0 Å². The molecule has 1 aliphatic rings. The zero-order valence-corrected chi connectivity index (χ0v) is 15.5. The summed E-state index contributed by atoms with van der Waals surface area (Å²) in [6.45, 7) is 2.40. The zero-order chi connectivity index (χ0) is 19.4. The number of nitrogens with one attached hydrogen (secondary N) is 1. The molecule has 0 aliphatic carbocycles. The molecule has 1 aliphatic heterocycles. The van der Waals surface area contributed by atoms with Crippen LogP contribution < -0.4 is 10.2 Å². The number of carbonyl (C=O) groups is 1. The first kappa shape index (κ1) is 19.2. The van der Waals surface area contributed by atoms with Crippen LogP contribution in [0.4, 0.5) is 0 Å². The van der Waals surface area contributed by atoms with E-state index in [0.717, 1.165) is 10.7 Å². The molecule has 10 heteroatoms. The summed E-state index contributed by atoms with van der Waals surface area (Å²) < 4.78 is 32.7. The number of ether oxygens (including phenoxy) is 1. The standard InChI is InChI=1S/C17H20N4O5S/c1-2-9-26-12-3-5-13(6-4-12)27(24,25)21-11-15-14(18-7-8-19-15)10-16(21)17(22)20-23/h3-8,16,23H,2,9-11H2,1H3,(H,20,22)/t16-/m1/s1. The Bertz CT molecular complexity index is 917. The van der Waals surface area contributed by atoms with Gasteiger partial charge in [-0.2, -0.15) is 4.31 Å². The van der Waals surface area contributed by atoms with Gasteiger partial charge in [0.2, 0.25) is 10.0 Å². The van der Waals surface area contributed by atoms with E-state index in [9.17, 15) is 13.2 Å². The summed E-state index contributed by atoms with van der Waals surface area (Å²) >= 11 is 0. The van der Waals surface area contributed by atoms with Crippen LogP contribution in [0.1, 0.15) is 24.7 Å². The normalized spacial score (nSPS) is 17.2. The fourth-order valence-corrected chi connectivity index (χ4v) is 4.40. The highest BCUT2D eigenvalue weighted by atomic mass is 32.2. The maximum absolute atomic E-state index is 13.1. The number of benzene rings is 1. The summed E-state index contributed by atoms with van der Waals surface area (Å²) in [5.74, 6) is -0.256. The van der Waals surface area contributed by atoms with Crippen molar-refractivity contribution < 1.29 is 23.2 Å². The molecular formula is C17H20N4O5S. The third-order valence-electron chi connectivity index (χ3n) is 4.22. The molecule has 0 spiro atoms. The maximum Gasteiger partial charge on any atom is 0.262 e. The Labute approximate surface area is 157 Å². The predicted octanol–water partition coefficient (Wildman–Crippen LogP) is 0.886. The first-order valence-corrected chi connectivity index (χ1v) is 9.88. The zero-order valence-electron chi connectivity index (χ0n) is 14.7. The lowest BCUT2D eigenvalue weighted by atomic mass is 10.0. The molecule has 1 atom stereocenters. The van der Waals surface area contributed by atoms with Gasteiger partial charge in [-0.1, -0.05) is 6.92 Å². The van der Waals surface area contributed by atoms with Crippen LogP contribution in [0.15, 0.2) is 41.6 Å². The van der Waals surface area contributed by atoms with Gasteiger partial charge in [-0.05, 0) is 30.7 Å². The largest absolute Gasteiger partial charge is 0.494 e. The number of rotatable bonds is 6. The van der Waals surface area contributed by atoms with Gasteiger partial charge in [-0.25, -0.2) is 13.9 Å². The van der Waals surface area contributed by atoms with Crippen molar-refractivity contribution in [3.63, 3.8) is 0 Å². The van der Waals surface area contributed by atoms with E-state index >= 15 is 0 Å². The summed E-state index contributed by atoms with van der Waals surface area (Å²) in [6, 6.07) is 4.88. The summed E-state index contributed by atoms with van der Waals surface area (Å²) in [6.07, 6.45) is 3.81. The molecule has 2 N–H and O–H groups in total. The second-order valence-corrected chi connectivity index (χ2v) is 7.91. The fourth-order valence-electron chi connectivity index (χ4n) is 2.85. The molecule has 0 saturated carbocycles. The molecule has 0 saturated heterocycles. The van der Waals surface area contributed by atoms with Crippen molar-refractivity contribution in [1.82, 2.24) is 19.8 Å². The monoisotopic (exact) mass is 392 g/mol. The first-order valence-electron chi connectivity index (χ1n) is 8.44. The van der Waals surface area contributed by atoms with Gasteiger partial charge >= 0.3 is 0 Å². The van der Waals surface area contributed by atoms with E-state index in [1.54, 1.807) is 12.1 Å². The minimum absolute atomic E-state index is 0.0203. The molecule has 1 amide bonds. The number of hydroxylamine groups is 1. The number of carbonyl (C=O) groups excluding carboxylic acids is 1. The van der Waals surface area contributed by atoms with Crippen LogP contribution in [0.2, 0.25) is 0 Å². The fraction of sp³-hybridized carbons (Fsp3) is 0.353. The number of fused-ring (bicyclic) bond motifs is 1. The van der Waals surface area contributed by atoms with Crippen molar-refractivity contribution in [3.05, 3.63) is 48.0 Å². The highest BCUT2D eigenvalue weighted by Gasteiger charge is 2.40. The van der Waals surface area contributed by atoms with Crippen molar-refractivity contribution in [1.29, 1.82) is 0 Å². The van der Waals surface area contributed by atoms with Gasteiger partial charge in [0, 0.05) is 18.8 Å². The molecule has 0 bridgehead atoms. The van der Waals surface area contributed by atoms with Crippen LogP contribution in [0.25, 0.3) is 0 Å². The van der Waals surface area contributed by atoms with E-state index in [1.165, 1.54) is 30.0 Å². The summed E-state index contributed by atoms with van der Waals surface area (Å²) in [4.78, 5) is 20.4. The van der Waals surface area contributed by atoms with Gasteiger partial charge in [0.1, 0.15) is 11.8 Å². The summed E-state index contributed by atoms with van der Waals surface area (Å²) in [5.41, 5.74) is 2.54. The highest BCUT2D eigenvalue weighted by molar-refractivity contribution is 7.89. The summed E-state index contributed by atoms with van der Waals surface area (Å²) in [5, 5.41) is 9.03. The predicted molar refractivity (Wildman–Crippen MR) is 94.4 cm³/mol. The van der Waals surface area contributed by atoms with Gasteiger partial charge in [0.25, 0.3) is 5.91 Å². The first-order chi connectivity index (χ1) is 13.0. The second kappa shape index (κ2) is 7.99. The molecule has 1 aromatic carbocycles. The molecule has 1 aromatic heterocycles. The van der Waals surface area contributed by atoms with Crippen molar-refractivity contribution in [2.75, 3.05) is 6.61 Å². The molecule has 0 unspecified atom stereocenters. The Morgan fingerprint density at radius 2 is 1.93 bits per heavy atom. The Kier molecular flexibility index (Phi) is 5.68. The molecule has 144 valence electrons. The molecule has 3 rings (SSSR count). The maximum atomic E-state index is 13.1. The molecule has 2 heterocycles. The smallest absolute Gasteiger partial charge is 0.262 e. The van der Waals surface area contributed by atoms with E-state index in [0.29, 0.717) is 23.7 Å². The average molecular weight is 392 g/mol. The number of aromatic nitrogens is 2. The number of sulfonamides is 1. The van der Waals surface area contributed by atoms with E-state index in [4.69, 9.17) is 9.94 Å². The number of amides is 1. The lowest BCUT2D eigenvalue weighted by Gasteiger charge is -2.33. The van der Waals surface area contributed by atoms with Crippen molar-refractivity contribution >= 4 is 15.9 Å². The van der Waals surface area contributed by atoms with Crippen LogP contribution in [0, 0.1) is 0 Å².